The van der Waals surface area contributed by atoms with Gasteiger partial charge in [0.25, 0.3) is 0 Å². The van der Waals surface area contributed by atoms with E-state index in [9.17, 15) is 0 Å². The predicted octanol–water partition coefficient (Wildman–Crippen LogP) is 2.45. The highest BCUT2D eigenvalue weighted by Crippen LogP contribution is 2.40. The van der Waals surface area contributed by atoms with Crippen molar-refractivity contribution in [3.05, 3.63) is 48.5 Å². The van der Waals surface area contributed by atoms with Crippen molar-refractivity contribution in [1.29, 1.82) is 0 Å². The molecule has 2 aliphatic rings. The van der Waals surface area contributed by atoms with Gasteiger partial charge in [-0.05, 0) is 19.4 Å². The molecule has 2 saturated heterocycles. The SMILES string of the molecule is CC1(C)O[C@H]2[C@H](n3cnc4c(OCc5ccccc5)ncnc43)OC[C@H]2O1. The van der Waals surface area contributed by atoms with Crippen LogP contribution in [0.2, 0.25) is 0 Å². The molecule has 3 atom stereocenters. The Bertz CT molecular complexity index is 959. The minimum Gasteiger partial charge on any atom is -0.471 e. The summed E-state index contributed by atoms with van der Waals surface area (Å²) in [5.74, 6) is -0.173. The third-order valence-corrected chi connectivity index (χ3v) is 4.75. The fourth-order valence-electron chi connectivity index (χ4n) is 3.61. The number of rotatable bonds is 4. The van der Waals surface area contributed by atoms with Gasteiger partial charge in [0.1, 0.15) is 25.1 Å². The molecule has 0 saturated carbocycles. The zero-order valence-corrected chi connectivity index (χ0v) is 15.1. The summed E-state index contributed by atoms with van der Waals surface area (Å²) in [4.78, 5) is 13.1. The normalized spacial score (nSPS) is 26.4. The highest BCUT2D eigenvalue weighted by molar-refractivity contribution is 5.76. The number of ether oxygens (including phenoxy) is 4. The maximum absolute atomic E-state index is 6.02. The van der Waals surface area contributed by atoms with E-state index in [0.717, 1.165) is 5.56 Å². The molecule has 8 heteroatoms. The van der Waals surface area contributed by atoms with Crippen LogP contribution in [0.1, 0.15) is 25.6 Å². The second kappa shape index (κ2) is 6.26. The van der Waals surface area contributed by atoms with Crippen molar-refractivity contribution < 1.29 is 18.9 Å². The second-order valence-corrected chi connectivity index (χ2v) is 7.14. The van der Waals surface area contributed by atoms with Gasteiger partial charge in [-0.25, -0.2) is 9.97 Å². The summed E-state index contributed by atoms with van der Waals surface area (Å²) >= 11 is 0. The summed E-state index contributed by atoms with van der Waals surface area (Å²) in [5, 5.41) is 0. The molecule has 2 aromatic heterocycles. The van der Waals surface area contributed by atoms with E-state index in [1.54, 1.807) is 6.33 Å². The van der Waals surface area contributed by atoms with Crippen molar-refractivity contribution >= 4 is 11.2 Å². The van der Waals surface area contributed by atoms with E-state index in [2.05, 4.69) is 15.0 Å². The van der Waals surface area contributed by atoms with Crippen LogP contribution >= 0.6 is 0 Å². The van der Waals surface area contributed by atoms with E-state index in [0.29, 0.717) is 30.3 Å². The summed E-state index contributed by atoms with van der Waals surface area (Å²) < 4.78 is 25.6. The maximum Gasteiger partial charge on any atom is 0.245 e. The Morgan fingerprint density at radius 3 is 2.85 bits per heavy atom. The van der Waals surface area contributed by atoms with Crippen LogP contribution in [0.25, 0.3) is 11.2 Å². The van der Waals surface area contributed by atoms with Crippen LogP contribution < -0.4 is 4.74 Å². The second-order valence-electron chi connectivity index (χ2n) is 7.14. The number of nitrogens with zero attached hydrogens (tertiary/aromatic N) is 4. The van der Waals surface area contributed by atoms with Gasteiger partial charge in [0.05, 0.1) is 12.9 Å². The Labute approximate surface area is 156 Å². The fraction of sp³-hybridized carbons (Fsp3) is 0.421. The Morgan fingerprint density at radius 2 is 2.00 bits per heavy atom. The minimum absolute atomic E-state index is 0.0990. The fourth-order valence-corrected chi connectivity index (χ4v) is 3.61. The van der Waals surface area contributed by atoms with Gasteiger partial charge in [-0.1, -0.05) is 30.3 Å². The van der Waals surface area contributed by atoms with E-state index in [1.807, 2.05) is 48.7 Å². The molecule has 27 heavy (non-hydrogen) atoms. The summed E-state index contributed by atoms with van der Waals surface area (Å²) in [6.07, 6.45) is 2.51. The number of fused-ring (bicyclic) bond motifs is 2. The van der Waals surface area contributed by atoms with Gasteiger partial charge in [-0.2, -0.15) is 4.98 Å². The number of hydrogen-bond donors (Lipinski definition) is 0. The smallest absolute Gasteiger partial charge is 0.245 e. The number of benzene rings is 1. The average molecular weight is 368 g/mol. The van der Waals surface area contributed by atoms with Gasteiger partial charge >= 0.3 is 0 Å². The highest BCUT2D eigenvalue weighted by Gasteiger charge is 2.51. The lowest BCUT2D eigenvalue weighted by Crippen LogP contribution is -2.27. The Kier molecular flexibility index (Phi) is 3.85. The molecule has 0 radical (unpaired) electrons. The quantitative estimate of drug-likeness (QED) is 0.700. The van der Waals surface area contributed by atoms with E-state index in [4.69, 9.17) is 18.9 Å². The van der Waals surface area contributed by atoms with Gasteiger partial charge in [-0.3, -0.25) is 4.57 Å². The lowest BCUT2D eigenvalue weighted by atomic mass is 10.2. The van der Waals surface area contributed by atoms with Gasteiger partial charge in [0.15, 0.2) is 23.2 Å². The van der Waals surface area contributed by atoms with Crippen molar-refractivity contribution in [2.24, 2.45) is 0 Å². The topological polar surface area (TPSA) is 80.5 Å². The zero-order valence-electron chi connectivity index (χ0n) is 15.1. The molecule has 2 fully saturated rings. The van der Waals surface area contributed by atoms with E-state index < -0.39 is 5.79 Å². The molecule has 8 nitrogen and oxygen atoms in total. The molecule has 2 aliphatic heterocycles. The van der Waals surface area contributed by atoms with E-state index in [1.165, 1.54) is 6.33 Å². The molecular formula is C19H20N4O4. The molecule has 0 amide bonds. The van der Waals surface area contributed by atoms with Crippen molar-refractivity contribution in [3.63, 3.8) is 0 Å². The highest BCUT2D eigenvalue weighted by atomic mass is 16.8. The van der Waals surface area contributed by atoms with Crippen molar-refractivity contribution in [2.75, 3.05) is 6.61 Å². The first-order valence-electron chi connectivity index (χ1n) is 8.92. The molecule has 3 aromatic rings. The lowest BCUT2D eigenvalue weighted by Gasteiger charge is -2.22. The number of aromatic nitrogens is 4. The third-order valence-electron chi connectivity index (χ3n) is 4.75. The zero-order chi connectivity index (χ0) is 18.4. The Balaban J connectivity index is 1.42. The Morgan fingerprint density at radius 1 is 1.15 bits per heavy atom. The largest absolute Gasteiger partial charge is 0.471 e. The maximum atomic E-state index is 6.02. The molecule has 140 valence electrons. The summed E-state index contributed by atoms with van der Waals surface area (Å²) in [5.41, 5.74) is 2.30. The summed E-state index contributed by atoms with van der Waals surface area (Å²) in [6, 6.07) is 9.92. The third kappa shape index (κ3) is 2.95. The van der Waals surface area contributed by atoms with Crippen LogP contribution in [0, 0.1) is 0 Å². The standard InChI is InChI=1S/C19H20N4O4/c1-19(2)26-13-9-25-18(15(13)27-19)23-11-22-14-16(23)20-10-21-17(14)24-8-12-6-4-3-5-7-12/h3-7,10-11,13,15,18H,8-9H2,1-2H3/t13-,15-,18-/m1/s1. The molecule has 0 unspecified atom stereocenters. The number of hydrogen-bond acceptors (Lipinski definition) is 7. The molecule has 0 spiro atoms. The predicted molar refractivity (Wildman–Crippen MR) is 94.9 cm³/mol. The van der Waals surface area contributed by atoms with Gasteiger partial charge in [0, 0.05) is 0 Å². The van der Waals surface area contributed by atoms with Crippen molar-refractivity contribution in [2.45, 2.75) is 44.7 Å². The first kappa shape index (κ1) is 16.6. The van der Waals surface area contributed by atoms with Crippen LogP contribution in [-0.4, -0.2) is 44.1 Å². The van der Waals surface area contributed by atoms with Gasteiger partial charge in [-0.15, -0.1) is 0 Å². The molecule has 0 aliphatic carbocycles. The first-order valence-corrected chi connectivity index (χ1v) is 8.92. The molecule has 0 bridgehead atoms. The summed E-state index contributed by atoms with van der Waals surface area (Å²) in [7, 11) is 0. The van der Waals surface area contributed by atoms with E-state index in [-0.39, 0.29) is 18.4 Å². The molecule has 1 aromatic carbocycles. The van der Waals surface area contributed by atoms with Gasteiger partial charge < -0.3 is 18.9 Å². The Hall–Kier alpha value is -2.55. The molecule has 4 heterocycles. The average Bonchev–Trinajstić information content (AvgIpc) is 3.32. The van der Waals surface area contributed by atoms with Crippen molar-refractivity contribution in [1.82, 2.24) is 19.5 Å². The van der Waals surface area contributed by atoms with Crippen LogP contribution in [0.4, 0.5) is 0 Å². The molecular weight excluding hydrogens is 348 g/mol. The van der Waals surface area contributed by atoms with Crippen LogP contribution in [0.3, 0.4) is 0 Å². The first-order chi connectivity index (χ1) is 13.1. The lowest BCUT2D eigenvalue weighted by molar-refractivity contribution is -0.183. The number of imidazole rings is 1. The van der Waals surface area contributed by atoms with Crippen molar-refractivity contribution in [3.8, 4) is 5.88 Å². The van der Waals surface area contributed by atoms with Crippen LogP contribution in [0.5, 0.6) is 5.88 Å². The minimum atomic E-state index is -0.618. The van der Waals surface area contributed by atoms with Gasteiger partial charge in [0.2, 0.25) is 5.88 Å². The molecule has 0 N–H and O–H groups in total. The van der Waals surface area contributed by atoms with Crippen LogP contribution in [0.15, 0.2) is 43.0 Å². The van der Waals surface area contributed by atoms with Crippen LogP contribution in [-0.2, 0) is 20.8 Å². The monoisotopic (exact) mass is 368 g/mol. The van der Waals surface area contributed by atoms with E-state index >= 15 is 0 Å². The summed E-state index contributed by atoms with van der Waals surface area (Å²) in [6.45, 7) is 4.70. The molecule has 5 rings (SSSR count).